The van der Waals surface area contributed by atoms with Gasteiger partial charge in [-0.1, -0.05) is 12.1 Å². The van der Waals surface area contributed by atoms with Crippen LogP contribution in [0.2, 0.25) is 0 Å². The summed E-state index contributed by atoms with van der Waals surface area (Å²) in [6, 6.07) is 11.0. The highest BCUT2D eigenvalue weighted by atomic mass is 16.3. The molecule has 0 spiro atoms. The minimum Gasteiger partial charge on any atom is -0.453 e. The summed E-state index contributed by atoms with van der Waals surface area (Å²) in [5.74, 6) is 1.82. The van der Waals surface area contributed by atoms with Gasteiger partial charge in [0.25, 0.3) is 5.91 Å². The van der Waals surface area contributed by atoms with Gasteiger partial charge in [-0.15, -0.1) is 5.10 Å². The number of aromatic nitrogens is 3. The van der Waals surface area contributed by atoms with Crippen LogP contribution in [0.15, 0.2) is 40.8 Å². The smallest absolute Gasteiger partial charge is 0.253 e. The van der Waals surface area contributed by atoms with E-state index in [2.05, 4.69) is 15.2 Å². The molecule has 0 saturated carbocycles. The molecule has 7 nitrogen and oxygen atoms in total. The number of rotatable bonds is 5. The molecular formula is C17H19N5O2. The van der Waals surface area contributed by atoms with E-state index >= 15 is 0 Å². The molecule has 3 N–H and O–H groups in total. The van der Waals surface area contributed by atoms with Gasteiger partial charge in [0, 0.05) is 24.2 Å². The number of nitrogens with zero attached hydrogens (tertiary/aromatic N) is 3. The number of hydrogen-bond acceptors (Lipinski definition) is 5. The molecule has 0 aliphatic rings. The largest absolute Gasteiger partial charge is 0.453 e. The first-order chi connectivity index (χ1) is 11.6. The van der Waals surface area contributed by atoms with Gasteiger partial charge >= 0.3 is 0 Å². The highest BCUT2D eigenvalue weighted by Gasteiger charge is 2.15. The fraction of sp³-hybridized carbons (Fsp3) is 0.235. The Hall–Kier alpha value is -3.09. The van der Waals surface area contributed by atoms with Crippen LogP contribution < -0.4 is 5.73 Å². The molecule has 0 aliphatic heterocycles. The zero-order valence-electron chi connectivity index (χ0n) is 13.6. The highest BCUT2D eigenvalue weighted by Crippen LogP contribution is 2.27. The summed E-state index contributed by atoms with van der Waals surface area (Å²) < 4.78 is 5.80. The topological polar surface area (TPSA) is 101 Å². The predicted octanol–water partition coefficient (Wildman–Crippen LogP) is 2.80. The van der Waals surface area contributed by atoms with E-state index in [-0.39, 0.29) is 11.9 Å². The Morgan fingerprint density at radius 1 is 1.21 bits per heavy atom. The Labute approximate surface area is 139 Å². The molecule has 24 heavy (non-hydrogen) atoms. The van der Waals surface area contributed by atoms with Crippen molar-refractivity contribution in [1.82, 2.24) is 20.1 Å². The molecule has 0 radical (unpaired) electrons. The first-order valence-corrected chi connectivity index (χ1v) is 7.80. The summed E-state index contributed by atoms with van der Waals surface area (Å²) in [6.45, 7) is 5.29. The van der Waals surface area contributed by atoms with E-state index in [0.29, 0.717) is 36.0 Å². The number of furan rings is 1. The lowest BCUT2D eigenvalue weighted by atomic mass is 10.1. The number of hydrogen-bond donors (Lipinski definition) is 2. The van der Waals surface area contributed by atoms with E-state index in [1.807, 2.05) is 44.2 Å². The monoisotopic (exact) mass is 325 g/mol. The van der Waals surface area contributed by atoms with E-state index in [0.717, 1.165) is 5.56 Å². The lowest BCUT2D eigenvalue weighted by Crippen LogP contribution is -2.30. The number of anilines is 1. The maximum atomic E-state index is 12.5. The van der Waals surface area contributed by atoms with Crippen molar-refractivity contribution in [3.63, 3.8) is 0 Å². The minimum absolute atomic E-state index is 0.0108. The Kier molecular flexibility index (Phi) is 4.33. The number of nitrogens with two attached hydrogens (primary N) is 1. The number of nitrogens with one attached hydrogen (secondary N) is 1. The zero-order valence-corrected chi connectivity index (χ0v) is 13.6. The van der Waals surface area contributed by atoms with Crippen LogP contribution in [0.25, 0.3) is 22.9 Å². The van der Waals surface area contributed by atoms with E-state index in [1.165, 1.54) is 0 Å². The van der Waals surface area contributed by atoms with Crippen LogP contribution >= 0.6 is 0 Å². The van der Waals surface area contributed by atoms with Crippen molar-refractivity contribution in [3.8, 4) is 22.9 Å². The third-order valence-corrected chi connectivity index (χ3v) is 3.79. The van der Waals surface area contributed by atoms with Gasteiger partial charge in [-0.25, -0.2) is 0 Å². The SMILES string of the molecule is CCN(CC)C(=O)c1cccc(-c2ccc(-c3nc(N)n[nH]3)o2)c1. The van der Waals surface area contributed by atoms with E-state index in [9.17, 15) is 4.79 Å². The number of carbonyl (C=O) groups is 1. The predicted molar refractivity (Wildman–Crippen MR) is 91.2 cm³/mol. The fourth-order valence-electron chi connectivity index (χ4n) is 2.50. The second-order valence-corrected chi connectivity index (χ2v) is 5.26. The molecule has 0 unspecified atom stereocenters. The number of amides is 1. The summed E-state index contributed by atoms with van der Waals surface area (Å²) in [5.41, 5.74) is 6.97. The van der Waals surface area contributed by atoms with Crippen molar-refractivity contribution in [3.05, 3.63) is 42.0 Å². The van der Waals surface area contributed by atoms with E-state index in [4.69, 9.17) is 10.2 Å². The Bertz CT molecular complexity index is 848. The quantitative estimate of drug-likeness (QED) is 0.751. The van der Waals surface area contributed by atoms with Gasteiger partial charge in [0.05, 0.1) is 0 Å². The number of carbonyl (C=O) groups excluding carboxylic acids is 1. The molecular weight excluding hydrogens is 306 g/mol. The lowest BCUT2D eigenvalue weighted by Gasteiger charge is -2.18. The zero-order chi connectivity index (χ0) is 17.1. The first kappa shape index (κ1) is 15.8. The van der Waals surface area contributed by atoms with Crippen molar-refractivity contribution in [2.45, 2.75) is 13.8 Å². The summed E-state index contributed by atoms with van der Waals surface area (Å²) in [6.07, 6.45) is 0. The molecule has 7 heteroatoms. The Morgan fingerprint density at radius 3 is 2.62 bits per heavy atom. The van der Waals surface area contributed by atoms with Gasteiger partial charge in [0.15, 0.2) is 11.6 Å². The normalized spacial score (nSPS) is 10.8. The first-order valence-electron chi connectivity index (χ1n) is 7.80. The molecule has 0 atom stereocenters. The molecule has 124 valence electrons. The third-order valence-electron chi connectivity index (χ3n) is 3.79. The molecule has 1 amide bonds. The maximum absolute atomic E-state index is 12.5. The Morgan fingerprint density at radius 2 is 1.96 bits per heavy atom. The van der Waals surface area contributed by atoms with Gasteiger partial charge in [0.1, 0.15) is 5.76 Å². The molecule has 0 saturated heterocycles. The summed E-state index contributed by atoms with van der Waals surface area (Å²) in [4.78, 5) is 18.3. The van der Waals surface area contributed by atoms with Crippen molar-refractivity contribution in [2.75, 3.05) is 18.8 Å². The van der Waals surface area contributed by atoms with Gasteiger partial charge in [0.2, 0.25) is 5.95 Å². The summed E-state index contributed by atoms with van der Waals surface area (Å²) in [7, 11) is 0. The third kappa shape index (κ3) is 3.01. The van der Waals surface area contributed by atoms with Gasteiger partial charge in [-0.2, -0.15) is 4.98 Å². The maximum Gasteiger partial charge on any atom is 0.253 e. The van der Waals surface area contributed by atoms with Gasteiger partial charge < -0.3 is 15.1 Å². The second kappa shape index (κ2) is 6.57. The molecule has 2 aromatic heterocycles. The van der Waals surface area contributed by atoms with Crippen LogP contribution in [0.1, 0.15) is 24.2 Å². The van der Waals surface area contributed by atoms with Crippen LogP contribution in [-0.2, 0) is 0 Å². The van der Waals surface area contributed by atoms with Gasteiger partial charge in [-0.05, 0) is 38.1 Å². The number of aromatic amines is 1. The van der Waals surface area contributed by atoms with Crippen molar-refractivity contribution in [2.24, 2.45) is 0 Å². The summed E-state index contributed by atoms with van der Waals surface area (Å²) in [5, 5.41) is 6.49. The van der Waals surface area contributed by atoms with Crippen LogP contribution in [0.3, 0.4) is 0 Å². The van der Waals surface area contributed by atoms with E-state index < -0.39 is 0 Å². The lowest BCUT2D eigenvalue weighted by molar-refractivity contribution is 0.0773. The van der Waals surface area contributed by atoms with Gasteiger partial charge in [-0.3, -0.25) is 9.89 Å². The molecule has 0 aliphatic carbocycles. The van der Waals surface area contributed by atoms with E-state index in [1.54, 1.807) is 11.0 Å². The molecule has 3 aromatic rings. The van der Waals surface area contributed by atoms with Crippen LogP contribution in [0.5, 0.6) is 0 Å². The molecule has 0 fully saturated rings. The fourth-order valence-corrected chi connectivity index (χ4v) is 2.50. The highest BCUT2D eigenvalue weighted by molar-refractivity contribution is 5.95. The minimum atomic E-state index is 0.0108. The number of H-pyrrole nitrogens is 1. The summed E-state index contributed by atoms with van der Waals surface area (Å²) >= 11 is 0. The van der Waals surface area contributed by atoms with Crippen LogP contribution in [0, 0.1) is 0 Å². The Balaban J connectivity index is 1.89. The number of nitrogen functional groups attached to an aromatic ring is 1. The van der Waals surface area contributed by atoms with Crippen LogP contribution in [-0.4, -0.2) is 39.1 Å². The number of benzene rings is 1. The molecule has 0 bridgehead atoms. The molecule has 2 heterocycles. The van der Waals surface area contributed by atoms with Crippen molar-refractivity contribution >= 4 is 11.9 Å². The standard InChI is InChI=1S/C17H19N5O2/c1-3-22(4-2)16(23)12-7-5-6-11(10-12)13-8-9-14(24-13)15-19-17(18)21-20-15/h5-10H,3-4H2,1-2H3,(H3,18,19,20,21). The van der Waals surface area contributed by atoms with Crippen molar-refractivity contribution in [1.29, 1.82) is 0 Å². The average molecular weight is 325 g/mol. The molecule has 1 aromatic carbocycles. The molecule has 3 rings (SSSR count). The second-order valence-electron chi connectivity index (χ2n) is 5.26. The van der Waals surface area contributed by atoms with Crippen LogP contribution in [0.4, 0.5) is 5.95 Å². The van der Waals surface area contributed by atoms with Crippen molar-refractivity contribution < 1.29 is 9.21 Å². The average Bonchev–Trinajstić information content (AvgIpc) is 3.25.